The SMILES string of the molecule is CC(C)=C(CC#N)c1ccc(Cl)nc1. The first kappa shape index (κ1) is 10.7. The van der Waals surface area contributed by atoms with E-state index < -0.39 is 0 Å². The zero-order valence-electron chi connectivity index (χ0n) is 8.21. The Labute approximate surface area is 88.8 Å². The molecular formula is C11H11ClN2. The molecule has 1 aromatic heterocycles. The third-order valence-electron chi connectivity index (χ3n) is 1.94. The van der Waals surface area contributed by atoms with Gasteiger partial charge in [0.25, 0.3) is 0 Å². The van der Waals surface area contributed by atoms with Gasteiger partial charge in [-0.05, 0) is 31.1 Å². The van der Waals surface area contributed by atoms with Gasteiger partial charge in [-0.2, -0.15) is 5.26 Å². The van der Waals surface area contributed by atoms with Gasteiger partial charge in [0, 0.05) is 6.20 Å². The summed E-state index contributed by atoms with van der Waals surface area (Å²) in [5.74, 6) is 0. The highest BCUT2D eigenvalue weighted by atomic mass is 35.5. The van der Waals surface area contributed by atoms with Crippen LogP contribution in [0.15, 0.2) is 23.9 Å². The van der Waals surface area contributed by atoms with Gasteiger partial charge < -0.3 is 0 Å². The highest BCUT2D eigenvalue weighted by Gasteiger charge is 2.03. The Morgan fingerprint density at radius 3 is 2.64 bits per heavy atom. The van der Waals surface area contributed by atoms with Gasteiger partial charge in [-0.3, -0.25) is 0 Å². The van der Waals surface area contributed by atoms with E-state index in [9.17, 15) is 0 Å². The maximum Gasteiger partial charge on any atom is 0.129 e. The van der Waals surface area contributed by atoms with Gasteiger partial charge in [0.1, 0.15) is 5.15 Å². The van der Waals surface area contributed by atoms with Gasteiger partial charge in [-0.1, -0.05) is 23.2 Å². The molecule has 0 saturated heterocycles. The van der Waals surface area contributed by atoms with E-state index in [-0.39, 0.29) is 0 Å². The minimum absolute atomic E-state index is 0.408. The smallest absolute Gasteiger partial charge is 0.129 e. The van der Waals surface area contributed by atoms with Crippen LogP contribution in [-0.2, 0) is 0 Å². The summed E-state index contributed by atoms with van der Waals surface area (Å²) in [6.07, 6.45) is 2.10. The van der Waals surface area contributed by atoms with E-state index in [0.29, 0.717) is 11.6 Å². The third-order valence-corrected chi connectivity index (χ3v) is 2.16. The Morgan fingerprint density at radius 2 is 2.21 bits per heavy atom. The minimum Gasteiger partial charge on any atom is -0.244 e. The van der Waals surface area contributed by atoms with E-state index >= 15 is 0 Å². The lowest BCUT2D eigenvalue weighted by atomic mass is 10.0. The summed E-state index contributed by atoms with van der Waals surface area (Å²) in [7, 11) is 0. The normalized spacial score (nSPS) is 9.29. The molecule has 0 aliphatic carbocycles. The molecule has 0 bridgehead atoms. The van der Waals surface area contributed by atoms with Crippen molar-refractivity contribution in [1.29, 1.82) is 5.26 Å². The van der Waals surface area contributed by atoms with Crippen LogP contribution >= 0.6 is 11.6 Å². The highest BCUT2D eigenvalue weighted by Crippen LogP contribution is 2.21. The Hall–Kier alpha value is -1.33. The summed E-state index contributed by atoms with van der Waals surface area (Å²) in [5, 5.41) is 9.14. The first-order chi connectivity index (χ1) is 6.65. The lowest BCUT2D eigenvalue weighted by Gasteiger charge is -2.05. The quantitative estimate of drug-likeness (QED) is 0.695. The van der Waals surface area contributed by atoms with Gasteiger partial charge in [-0.25, -0.2) is 4.98 Å². The molecule has 1 aromatic rings. The molecule has 2 nitrogen and oxygen atoms in total. The third kappa shape index (κ3) is 2.58. The Balaban J connectivity index is 3.09. The molecule has 0 fully saturated rings. The largest absolute Gasteiger partial charge is 0.244 e. The van der Waals surface area contributed by atoms with Crippen LogP contribution in [0.2, 0.25) is 5.15 Å². The Morgan fingerprint density at radius 1 is 1.50 bits per heavy atom. The number of aromatic nitrogens is 1. The Bertz CT molecular complexity index is 381. The number of allylic oxidation sites excluding steroid dienone is 2. The van der Waals surface area contributed by atoms with Crippen molar-refractivity contribution in [3.63, 3.8) is 0 Å². The van der Waals surface area contributed by atoms with Crippen LogP contribution in [-0.4, -0.2) is 4.98 Å². The number of rotatable bonds is 2. The van der Waals surface area contributed by atoms with Crippen molar-refractivity contribution in [3.05, 3.63) is 34.6 Å². The van der Waals surface area contributed by atoms with Crippen molar-refractivity contribution in [2.75, 3.05) is 0 Å². The molecule has 72 valence electrons. The monoisotopic (exact) mass is 206 g/mol. The molecule has 0 atom stereocenters. The fraction of sp³-hybridized carbons (Fsp3) is 0.273. The van der Waals surface area contributed by atoms with Crippen LogP contribution in [0.4, 0.5) is 0 Å². The molecule has 3 heteroatoms. The van der Waals surface area contributed by atoms with E-state index in [1.54, 1.807) is 12.3 Å². The van der Waals surface area contributed by atoms with Crippen molar-refractivity contribution >= 4 is 17.2 Å². The average molecular weight is 207 g/mol. The van der Waals surface area contributed by atoms with Crippen LogP contribution < -0.4 is 0 Å². The predicted molar refractivity (Wildman–Crippen MR) is 57.7 cm³/mol. The number of nitriles is 1. The lowest BCUT2D eigenvalue weighted by molar-refractivity contribution is 1.24. The summed E-state index contributed by atoms with van der Waals surface area (Å²) in [5.41, 5.74) is 3.13. The molecule has 0 radical (unpaired) electrons. The van der Waals surface area contributed by atoms with Gasteiger partial charge in [0.2, 0.25) is 0 Å². The highest BCUT2D eigenvalue weighted by molar-refractivity contribution is 6.29. The van der Waals surface area contributed by atoms with E-state index in [1.165, 1.54) is 0 Å². The molecule has 0 aliphatic heterocycles. The molecular weight excluding hydrogens is 196 g/mol. The minimum atomic E-state index is 0.408. The van der Waals surface area contributed by atoms with Crippen LogP contribution in [0.25, 0.3) is 5.57 Å². The second-order valence-electron chi connectivity index (χ2n) is 3.18. The molecule has 0 N–H and O–H groups in total. The Kier molecular flexibility index (Phi) is 3.67. The van der Waals surface area contributed by atoms with Crippen molar-refractivity contribution in [3.8, 4) is 6.07 Å². The summed E-state index contributed by atoms with van der Waals surface area (Å²) in [6.45, 7) is 3.97. The molecule has 0 spiro atoms. The molecule has 0 aliphatic rings. The first-order valence-corrected chi connectivity index (χ1v) is 4.68. The lowest BCUT2D eigenvalue weighted by Crippen LogP contribution is -1.88. The summed E-state index contributed by atoms with van der Waals surface area (Å²) in [6, 6.07) is 5.76. The summed E-state index contributed by atoms with van der Waals surface area (Å²) >= 11 is 5.68. The number of nitrogens with zero attached hydrogens (tertiary/aromatic N) is 2. The number of hydrogen-bond acceptors (Lipinski definition) is 2. The van der Waals surface area contributed by atoms with Crippen molar-refractivity contribution in [1.82, 2.24) is 4.98 Å². The zero-order valence-corrected chi connectivity index (χ0v) is 8.97. The molecule has 0 aromatic carbocycles. The standard InChI is InChI=1S/C11H11ClN2/c1-8(2)10(5-6-13)9-3-4-11(12)14-7-9/h3-4,7H,5H2,1-2H3. The van der Waals surface area contributed by atoms with Crippen LogP contribution in [0.3, 0.4) is 0 Å². The molecule has 1 rings (SSSR count). The zero-order chi connectivity index (χ0) is 10.6. The predicted octanol–water partition coefficient (Wildman–Crippen LogP) is 3.44. The van der Waals surface area contributed by atoms with E-state index in [0.717, 1.165) is 16.7 Å². The topological polar surface area (TPSA) is 36.7 Å². The molecule has 14 heavy (non-hydrogen) atoms. The molecule has 1 heterocycles. The fourth-order valence-electron chi connectivity index (χ4n) is 1.20. The fourth-order valence-corrected chi connectivity index (χ4v) is 1.31. The number of halogens is 1. The van der Waals surface area contributed by atoms with E-state index in [1.807, 2.05) is 19.9 Å². The summed E-state index contributed by atoms with van der Waals surface area (Å²) < 4.78 is 0. The average Bonchev–Trinajstić information content (AvgIpc) is 2.15. The van der Waals surface area contributed by atoms with Crippen molar-refractivity contribution < 1.29 is 0 Å². The van der Waals surface area contributed by atoms with Crippen molar-refractivity contribution in [2.45, 2.75) is 20.3 Å². The summed E-state index contributed by atoms with van der Waals surface area (Å²) in [4.78, 5) is 3.99. The van der Waals surface area contributed by atoms with Crippen molar-refractivity contribution in [2.24, 2.45) is 0 Å². The van der Waals surface area contributed by atoms with E-state index in [2.05, 4.69) is 11.1 Å². The molecule has 0 amide bonds. The van der Waals surface area contributed by atoms with Gasteiger partial charge >= 0.3 is 0 Å². The van der Waals surface area contributed by atoms with Crippen LogP contribution in [0.5, 0.6) is 0 Å². The first-order valence-electron chi connectivity index (χ1n) is 4.30. The maximum absolute atomic E-state index is 8.67. The number of pyridine rings is 1. The maximum atomic E-state index is 8.67. The molecule has 0 unspecified atom stereocenters. The van der Waals surface area contributed by atoms with Crippen LogP contribution in [0.1, 0.15) is 25.8 Å². The van der Waals surface area contributed by atoms with E-state index in [4.69, 9.17) is 16.9 Å². The van der Waals surface area contributed by atoms with Crippen LogP contribution in [0, 0.1) is 11.3 Å². The second-order valence-corrected chi connectivity index (χ2v) is 3.57. The molecule has 0 saturated carbocycles. The van der Waals surface area contributed by atoms with Gasteiger partial charge in [0.15, 0.2) is 0 Å². The van der Waals surface area contributed by atoms with Gasteiger partial charge in [-0.15, -0.1) is 0 Å². The van der Waals surface area contributed by atoms with Gasteiger partial charge in [0.05, 0.1) is 12.5 Å². The number of hydrogen-bond donors (Lipinski definition) is 0. The second kappa shape index (κ2) is 4.78.